The van der Waals surface area contributed by atoms with Gasteiger partial charge in [-0.2, -0.15) is 0 Å². The van der Waals surface area contributed by atoms with Gasteiger partial charge < -0.3 is 20.1 Å². The molecule has 0 aliphatic heterocycles. The van der Waals surface area contributed by atoms with Crippen LogP contribution in [0.5, 0.6) is 5.75 Å². The average Bonchev–Trinajstić information content (AvgIpc) is 2.26. The zero-order valence-corrected chi connectivity index (χ0v) is 8.24. The van der Waals surface area contributed by atoms with Crippen LogP contribution < -0.4 is 15.5 Å². The van der Waals surface area contributed by atoms with Crippen molar-refractivity contribution in [2.24, 2.45) is 0 Å². The molecule has 1 heterocycles. The lowest BCUT2D eigenvalue weighted by molar-refractivity contribution is -0.122. The van der Waals surface area contributed by atoms with Gasteiger partial charge in [-0.25, -0.2) is 0 Å². The number of aromatic amines is 1. The Labute approximate surface area is 85.9 Å². The average molecular weight is 212 g/mol. The SMILES string of the molecule is CNC(=O)COc1c[nH]c(CO)cc1=O. The van der Waals surface area contributed by atoms with Crippen LogP contribution in [-0.4, -0.2) is 29.7 Å². The Bertz CT molecular complexity index is 399. The number of likely N-dealkylation sites (N-methyl/N-ethyl adjacent to an activating group) is 1. The number of hydrogen-bond donors (Lipinski definition) is 3. The van der Waals surface area contributed by atoms with Gasteiger partial charge in [-0.3, -0.25) is 9.59 Å². The van der Waals surface area contributed by atoms with Crippen LogP contribution in [0, 0.1) is 0 Å². The summed E-state index contributed by atoms with van der Waals surface area (Å²) in [5.74, 6) is -0.267. The summed E-state index contributed by atoms with van der Waals surface area (Å²) in [5, 5.41) is 11.1. The van der Waals surface area contributed by atoms with E-state index in [1.165, 1.54) is 19.3 Å². The molecule has 6 heteroatoms. The Morgan fingerprint density at radius 3 is 2.93 bits per heavy atom. The summed E-state index contributed by atoms with van der Waals surface area (Å²) in [6, 6.07) is 1.22. The van der Waals surface area contributed by atoms with Crippen molar-refractivity contribution >= 4 is 5.91 Å². The second kappa shape index (κ2) is 5.16. The zero-order valence-electron chi connectivity index (χ0n) is 8.24. The number of amides is 1. The predicted molar refractivity (Wildman–Crippen MR) is 52.5 cm³/mol. The van der Waals surface area contributed by atoms with Gasteiger partial charge in [0.25, 0.3) is 5.91 Å². The predicted octanol–water partition coefficient (Wildman–Crippen LogP) is -1.01. The molecule has 1 aromatic rings. The van der Waals surface area contributed by atoms with Gasteiger partial charge in [-0.05, 0) is 0 Å². The van der Waals surface area contributed by atoms with Crippen molar-refractivity contribution in [2.45, 2.75) is 6.61 Å². The first-order valence-electron chi connectivity index (χ1n) is 4.33. The maximum atomic E-state index is 11.3. The molecule has 1 aromatic heterocycles. The van der Waals surface area contributed by atoms with Crippen molar-refractivity contribution < 1.29 is 14.6 Å². The third-order valence-corrected chi connectivity index (χ3v) is 1.74. The number of ether oxygens (including phenoxy) is 1. The number of pyridine rings is 1. The lowest BCUT2D eigenvalue weighted by Gasteiger charge is -2.04. The van der Waals surface area contributed by atoms with Crippen LogP contribution in [0.2, 0.25) is 0 Å². The van der Waals surface area contributed by atoms with Crippen molar-refractivity contribution in [1.29, 1.82) is 0 Å². The third-order valence-electron chi connectivity index (χ3n) is 1.74. The highest BCUT2D eigenvalue weighted by Crippen LogP contribution is 2.01. The highest BCUT2D eigenvalue weighted by molar-refractivity contribution is 5.77. The number of carbonyl (C=O) groups is 1. The van der Waals surface area contributed by atoms with Crippen molar-refractivity contribution in [3.8, 4) is 5.75 Å². The Morgan fingerprint density at radius 1 is 1.67 bits per heavy atom. The molecular formula is C9H12N2O4. The van der Waals surface area contributed by atoms with Crippen LogP contribution in [-0.2, 0) is 11.4 Å². The van der Waals surface area contributed by atoms with Gasteiger partial charge in [0, 0.05) is 25.0 Å². The van der Waals surface area contributed by atoms with E-state index >= 15 is 0 Å². The maximum Gasteiger partial charge on any atom is 0.257 e. The summed E-state index contributed by atoms with van der Waals surface area (Å²) < 4.78 is 4.95. The first-order chi connectivity index (χ1) is 7.17. The lowest BCUT2D eigenvalue weighted by atomic mass is 10.3. The summed E-state index contributed by atoms with van der Waals surface area (Å²) >= 11 is 0. The number of carbonyl (C=O) groups excluding carboxylic acids is 1. The van der Waals surface area contributed by atoms with Crippen molar-refractivity contribution in [2.75, 3.05) is 13.7 Å². The van der Waals surface area contributed by atoms with E-state index in [-0.39, 0.29) is 30.3 Å². The number of hydrogen-bond acceptors (Lipinski definition) is 4. The van der Waals surface area contributed by atoms with Crippen LogP contribution in [0.15, 0.2) is 17.1 Å². The monoisotopic (exact) mass is 212 g/mol. The van der Waals surface area contributed by atoms with E-state index in [4.69, 9.17) is 9.84 Å². The molecule has 3 N–H and O–H groups in total. The molecule has 0 unspecified atom stereocenters. The van der Waals surface area contributed by atoms with Gasteiger partial charge in [0.05, 0.1) is 6.61 Å². The van der Waals surface area contributed by atoms with E-state index in [0.29, 0.717) is 5.69 Å². The number of H-pyrrole nitrogens is 1. The van der Waals surface area contributed by atoms with E-state index in [9.17, 15) is 9.59 Å². The molecular weight excluding hydrogens is 200 g/mol. The molecule has 0 aliphatic rings. The van der Waals surface area contributed by atoms with Crippen molar-refractivity contribution in [3.05, 3.63) is 28.2 Å². The molecule has 0 aliphatic carbocycles. The van der Waals surface area contributed by atoms with E-state index < -0.39 is 0 Å². The van der Waals surface area contributed by atoms with E-state index in [1.807, 2.05) is 0 Å². The van der Waals surface area contributed by atoms with Gasteiger partial charge in [-0.1, -0.05) is 0 Å². The van der Waals surface area contributed by atoms with Gasteiger partial charge in [0.15, 0.2) is 12.4 Å². The topological polar surface area (TPSA) is 91.4 Å². The van der Waals surface area contributed by atoms with Crippen LogP contribution in [0.4, 0.5) is 0 Å². The second-order valence-electron chi connectivity index (χ2n) is 2.81. The highest BCUT2D eigenvalue weighted by atomic mass is 16.5. The Kier molecular flexibility index (Phi) is 3.87. The number of nitrogens with one attached hydrogen (secondary N) is 2. The minimum atomic E-state index is -0.373. The quantitative estimate of drug-likeness (QED) is 0.596. The molecule has 0 radical (unpaired) electrons. The fourth-order valence-corrected chi connectivity index (χ4v) is 0.920. The molecule has 82 valence electrons. The number of aliphatic hydroxyl groups is 1. The molecule has 0 fully saturated rings. The number of rotatable bonds is 4. The first kappa shape index (κ1) is 11.3. The van der Waals surface area contributed by atoms with Crippen LogP contribution in [0.25, 0.3) is 0 Å². The molecule has 0 bridgehead atoms. The minimum Gasteiger partial charge on any atom is -0.478 e. The molecule has 0 saturated carbocycles. The molecule has 0 spiro atoms. The molecule has 15 heavy (non-hydrogen) atoms. The van der Waals surface area contributed by atoms with E-state index in [0.717, 1.165) is 0 Å². The molecule has 1 amide bonds. The van der Waals surface area contributed by atoms with Crippen molar-refractivity contribution in [3.63, 3.8) is 0 Å². The van der Waals surface area contributed by atoms with Crippen molar-refractivity contribution in [1.82, 2.24) is 10.3 Å². The fraction of sp³-hybridized carbons (Fsp3) is 0.333. The van der Waals surface area contributed by atoms with Crippen LogP contribution in [0.3, 0.4) is 0 Å². The zero-order chi connectivity index (χ0) is 11.3. The van der Waals surface area contributed by atoms with Crippen LogP contribution >= 0.6 is 0 Å². The summed E-state index contributed by atoms with van der Waals surface area (Å²) in [6.07, 6.45) is 1.32. The van der Waals surface area contributed by atoms with Gasteiger partial charge in [-0.15, -0.1) is 0 Å². The number of aromatic nitrogens is 1. The molecule has 0 atom stereocenters. The lowest BCUT2D eigenvalue weighted by Crippen LogP contribution is -2.26. The Balaban J connectivity index is 2.70. The minimum absolute atomic E-state index is 0.0517. The summed E-state index contributed by atoms with van der Waals surface area (Å²) in [4.78, 5) is 24.8. The maximum absolute atomic E-state index is 11.3. The van der Waals surface area contributed by atoms with Crippen LogP contribution in [0.1, 0.15) is 5.69 Å². The van der Waals surface area contributed by atoms with Gasteiger partial charge in [0.1, 0.15) is 0 Å². The molecule has 0 saturated heterocycles. The van der Waals surface area contributed by atoms with Gasteiger partial charge in [0.2, 0.25) is 5.43 Å². The van der Waals surface area contributed by atoms with E-state index in [1.54, 1.807) is 0 Å². The Morgan fingerprint density at radius 2 is 2.40 bits per heavy atom. The molecule has 6 nitrogen and oxygen atoms in total. The normalized spacial score (nSPS) is 9.73. The largest absolute Gasteiger partial charge is 0.478 e. The number of aliphatic hydroxyl groups excluding tert-OH is 1. The summed E-state index contributed by atoms with van der Waals surface area (Å²) in [5.41, 5.74) is 0.0222. The standard InChI is InChI=1S/C9H12N2O4/c1-10-9(14)5-15-8-3-11-6(4-12)2-7(8)13/h2-3,12H,4-5H2,1H3,(H,10,14)(H,11,13). The second-order valence-corrected chi connectivity index (χ2v) is 2.81. The fourth-order valence-electron chi connectivity index (χ4n) is 0.920. The van der Waals surface area contributed by atoms with E-state index in [2.05, 4.69) is 10.3 Å². The Hall–Kier alpha value is -1.82. The highest BCUT2D eigenvalue weighted by Gasteiger charge is 2.04. The molecule has 0 aromatic carbocycles. The first-order valence-corrected chi connectivity index (χ1v) is 4.33. The summed E-state index contributed by atoms with van der Waals surface area (Å²) in [7, 11) is 1.48. The third kappa shape index (κ3) is 3.10. The smallest absolute Gasteiger partial charge is 0.257 e. The molecule has 1 rings (SSSR count). The van der Waals surface area contributed by atoms with Gasteiger partial charge >= 0.3 is 0 Å². The summed E-state index contributed by atoms with van der Waals surface area (Å²) in [6.45, 7) is -0.455.